The minimum Gasteiger partial charge on any atom is -0.367 e. The van der Waals surface area contributed by atoms with Gasteiger partial charge in [-0.1, -0.05) is 5.21 Å². The van der Waals surface area contributed by atoms with Gasteiger partial charge in [0, 0.05) is 11.5 Å². The normalized spacial score (nSPS) is 10.2. The number of rotatable bonds is 3. The largest absolute Gasteiger partial charge is 0.367 e. The molecule has 9 heteroatoms. The highest BCUT2D eigenvalue weighted by Gasteiger charge is 2.01. The van der Waals surface area contributed by atoms with Gasteiger partial charge in [0.1, 0.15) is 0 Å². The zero-order valence-corrected chi connectivity index (χ0v) is 7.25. The molecule has 0 atom stereocenters. The Bertz CT molecular complexity index is 365. The number of tetrazole rings is 1. The Balaban J connectivity index is 1.93. The number of anilines is 2. The fourth-order valence-electron chi connectivity index (χ4n) is 0.719. The van der Waals surface area contributed by atoms with Gasteiger partial charge in [-0.05, 0) is 0 Å². The Kier molecular flexibility index (Phi) is 2.00. The molecule has 13 heavy (non-hydrogen) atoms. The van der Waals surface area contributed by atoms with Crippen LogP contribution in [-0.2, 0) is 6.54 Å². The van der Waals surface area contributed by atoms with Crippen LogP contribution in [0.1, 0.15) is 5.82 Å². The van der Waals surface area contributed by atoms with Gasteiger partial charge in [0.15, 0.2) is 5.82 Å². The molecule has 0 unspecified atom stereocenters. The van der Waals surface area contributed by atoms with Crippen LogP contribution in [-0.4, -0.2) is 30.0 Å². The molecule has 2 rings (SSSR count). The van der Waals surface area contributed by atoms with E-state index in [1.807, 2.05) is 0 Å². The zero-order chi connectivity index (χ0) is 9.10. The van der Waals surface area contributed by atoms with Gasteiger partial charge < -0.3 is 11.1 Å². The third kappa shape index (κ3) is 1.87. The summed E-state index contributed by atoms with van der Waals surface area (Å²) in [7, 11) is 0. The highest BCUT2D eigenvalue weighted by atomic mass is 32.1. The number of aromatic amines is 1. The summed E-state index contributed by atoms with van der Waals surface area (Å²) in [5.74, 6) is 0.828. The van der Waals surface area contributed by atoms with Gasteiger partial charge in [-0.2, -0.15) is 14.6 Å². The van der Waals surface area contributed by atoms with E-state index in [2.05, 4.69) is 35.3 Å². The Hall–Kier alpha value is -1.77. The van der Waals surface area contributed by atoms with Crippen LogP contribution in [0.15, 0.2) is 0 Å². The average Bonchev–Trinajstić information content (AvgIpc) is 2.71. The van der Waals surface area contributed by atoms with E-state index >= 15 is 0 Å². The van der Waals surface area contributed by atoms with Gasteiger partial charge in [-0.25, -0.2) is 0 Å². The Morgan fingerprint density at radius 2 is 2.46 bits per heavy atom. The smallest absolute Gasteiger partial charge is 0.233 e. The van der Waals surface area contributed by atoms with Crippen LogP contribution in [0.4, 0.5) is 11.1 Å². The van der Waals surface area contributed by atoms with E-state index < -0.39 is 0 Å². The second kappa shape index (κ2) is 3.31. The molecule has 0 amide bonds. The molecule has 0 saturated carbocycles. The second-order valence-electron chi connectivity index (χ2n) is 2.14. The average molecular weight is 198 g/mol. The first-order chi connectivity index (χ1) is 6.34. The van der Waals surface area contributed by atoms with Gasteiger partial charge in [-0.3, -0.25) is 0 Å². The Morgan fingerprint density at radius 1 is 1.54 bits per heavy atom. The highest BCUT2D eigenvalue weighted by Crippen LogP contribution is 2.11. The van der Waals surface area contributed by atoms with Crippen molar-refractivity contribution in [1.29, 1.82) is 0 Å². The maximum absolute atomic E-state index is 5.33. The van der Waals surface area contributed by atoms with Crippen LogP contribution in [0.5, 0.6) is 0 Å². The lowest BCUT2D eigenvalue weighted by Crippen LogP contribution is -2.01. The third-order valence-corrected chi connectivity index (χ3v) is 1.92. The summed E-state index contributed by atoms with van der Waals surface area (Å²) in [6.45, 7) is 0.450. The first-order valence-corrected chi connectivity index (χ1v) is 4.17. The maximum Gasteiger partial charge on any atom is 0.233 e. The maximum atomic E-state index is 5.33. The molecule has 2 aromatic rings. The Labute approximate surface area is 76.7 Å². The Morgan fingerprint density at radius 3 is 3.08 bits per heavy atom. The lowest BCUT2D eigenvalue weighted by atomic mass is 10.6. The number of nitrogens with two attached hydrogens (primary N) is 1. The molecule has 0 saturated heterocycles. The lowest BCUT2D eigenvalue weighted by molar-refractivity contribution is 0.881. The quantitative estimate of drug-likeness (QED) is 0.593. The molecule has 2 heterocycles. The van der Waals surface area contributed by atoms with E-state index in [0.29, 0.717) is 17.5 Å². The molecule has 0 bridgehead atoms. The first kappa shape index (κ1) is 7.86. The summed E-state index contributed by atoms with van der Waals surface area (Å²) in [6.07, 6.45) is 0. The molecule has 0 aliphatic rings. The van der Waals surface area contributed by atoms with Crippen LogP contribution in [0, 0.1) is 0 Å². The number of hydrogen-bond acceptors (Lipinski definition) is 8. The minimum absolute atomic E-state index is 0.264. The standard InChI is InChI=1S/C4H6N8S/c5-3-7-4(13-10-3)6-1-2-8-11-12-9-2/h1H2,(H3,5,6,7,10)(H,8,9,11,12). The van der Waals surface area contributed by atoms with Crippen molar-refractivity contribution in [3.8, 4) is 0 Å². The molecule has 0 fully saturated rings. The first-order valence-electron chi connectivity index (χ1n) is 3.40. The topological polar surface area (TPSA) is 118 Å². The van der Waals surface area contributed by atoms with E-state index in [-0.39, 0.29) is 5.95 Å². The molecule has 0 radical (unpaired) electrons. The van der Waals surface area contributed by atoms with E-state index in [1.54, 1.807) is 0 Å². The van der Waals surface area contributed by atoms with Crippen molar-refractivity contribution in [2.75, 3.05) is 11.1 Å². The summed E-state index contributed by atoms with van der Waals surface area (Å²) in [6, 6.07) is 0. The number of hydrogen-bond donors (Lipinski definition) is 3. The van der Waals surface area contributed by atoms with Gasteiger partial charge in [-0.15, -0.1) is 10.2 Å². The predicted octanol–water partition coefficient (Wildman–Crippen LogP) is -0.755. The van der Waals surface area contributed by atoms with Crippen LogP contribution in [0.25, 0.3) is 0 Å². The van der Waals surface area contributed by atoms with E-state index in [0.717, 1.165) is 0 Å². The monoisotopic (exact) mass is 198 g/mol. The molecular formula is C4H6N8S. The molecule has 8 nitrogen and oxygen atoms in total. The van der Waals surface area contributed by atoms with Crippen molar-refractivity contribution >= 4 is 22.6 Å². The zero-order valence-electron chi connectivity index (χ0n) is 6.43. The van der Waals surface area contributed by atoms with Crippen molar-refractivity contribution in [2.45, 2.75) is 6.54 Å². The van der Waals surface area contributed by atoms with Gasteiger partial charge >= 0.3 is 0 Å². The number of nitrogens with one attached hydrogen (secondary N) is 2. The fraction of sp³-hybridized carbons (Fsp3) is 0.250. The molecule has 4 N–H and O–H groups in total. The molecule has 2 aromatic heterocycles. The van der Waals surface area contributed by atoms with Gasteiger partial charge in [0.2, 0.25) is 11.1 Å². The molecule has 68 valence electrons. The third-order valence-electron chi connectivity index (χ3n) is 1.23. The molecular weight excluding hydrogens is 192 g/mol. The van der Waals surface area contributed by atoms with E-state index in [9.17, 15) is 0 Å². The summed E-state index contributed by atoms with van der Waals surface area (Å²) in [5.41, 5.74) is 5.33. The second-order valence-corrected chi connectivity index (χ2v) is 2.89. The summed E-state index contributed by atoms with van der Waals surface area (Å²) in [5, 5.41) is 16.8. The fourth-order valence-corrected chi connectivity index (χ4v) is 1.21. The van der Waals surface area contributed by atoms with Crippen molar-refractivity contribution in [3.63, 3.8) is 0 Å². The number of H-pyrrole nitrogens is 1. The number of nitrogen functional groups attached to an aromatic ring is 1. The predicted molar refractivity (Wildman–Crippen MR) is 45.8 cm³/mol. The number of aromatic nitrogens is 6. The van der Waals surface area contributed by atoms with Crippen LogP contribution in [0.2, 0.25) is 0 Å². The van der Waals surface area contributed by atoms with Crippen LogP contribution in [0.3, 0.4) is 0 Å². The van der Waals surface area contributed by atoms with Crippen molar-refractivity contribution in [3.05, 3.63) is 5.82 Å². The molecule has 0 aliphatic carbocycles. The van der Waals surface area contributed by atoms with Crippen LogP contribution < -0.4 is 11.1 Å². The molecule has 0 aliphatic heterocycles. The van der Waals surface area contributed by atoms with Gasteiger partial charge in [0.05, 0.1) is 6.54 Å². The SMILES string of the molecule is Nc1nsc(NCc2nn[nH]n2)n1. The molecule has 0 aromatic carbocycles. The lowest BCUT2D eigenvalue weighted by Gasteiger charge is -1.94. The van der Waals surface area contributed by atoms with Crippen molar-refractivity contribution in [1.82, 2.24) is 30.0 Å². The summed E-state index contributed by atoms with van der Waals surface area (Å²) < 4.78 is 3.80. The van der Waals surface area contributed by atoms with Crippen molar-refractivity contribution < 1.29 is 0 Å². The highest BCUT2D eigenvalue weighted by molar-refractivity contribution is 7.09. The summed E-state index contributed by atoms with van der Waals surface area (Å²) in [4.78, 5) is 3.90. The van der Waals surface area contributed by atoms with E-state index in [4.69, 9.17) is 5.73 Å². The number of nitrogens with zero attached hydrogens (tertiary/aromatic N) is 5. The summed E-state index contributed by atoms with van der Waals surface area (Å²) >= 11 is 1.19. The van der Waals surface area contributed by atoms with Crippen LogP contribution >= 0.6 is 11.5 Å². The van der Waals surface area contributed by atoms with Crippen molar-refractivity contribution in [2.24, 2.45) is 0 Å². The van der Waals surface area contributed by atoms with E-state index in [1.165, 1.54) is 11.5 Å². The minimum atomic E-state index is 0.264. The van der Waals surface area contributed by atoms with Gasteiger partial charge in [0.25, 0.3) is 0 Å². The molecule has 0 spiro atoms.